The maximum Gasteiger partial charge on any atom is 0.145 e. The molecule has 1 heterocycles. The molecule has 0 bridgehead atoms. The van der Waals surface area contributed by atoms with Crippen LogP contribution in [0.4, 0.5) is 17.1 Å². The van der Waals surface area contributed by atoms with Crippen LogP contribution in [0.2, 0.25) is 0 Å². The molecule has 2 heteroatoms. The van der Waals surface area contributed by atoms with Gasteiger partial charge in [-0.1, -0.05) is 194 Å². The van der Waals surface area contributed by atoms with Crippen LogP contribution < -0.4 is 4.90 Å². The van der Waals surface area contributed by atoms with E-state index in [2.05, 4.69) is 241 Å². The first-order chi connectivity index (χ1) is 30.8. The van der Waals surface area contributed by atoms with E-state index >= 15 is 0 Å². The van der Waals surface area contributed by atoms with Gasteiger partial charge in [-0.25, -0.2) is 0 Å². The summed E-state index contributed by atoms with van der Waals surface area (Å²) in [5.41, 5.74) is 14.1. The number of benzene rings is 11. The Morgan fingerprint density at radius 2 is 0.839 bits per heavy atom. The van der Waals surface area contributed by atoms with Crippen LogP contribution in [0, 0.1) is 0 Å². The molecule has 0 aliphatic rings. The van der Waals surface area contributed by atoms with Crippen molar-refractivity contribution >= 4 is 71.3 Å². The summed E-state index contributed by atoms with van der Waals surface area (Å²) < 4.78 is 7.02. The van der Waals surface area contributed by atoms with E-state index in [4.69, 9.17) is 4.42 Å². The largest absolute Gasteiger partial charge is 0.455 e. The molecule has 0 fully saturated rings. The molecule has 11 aromatic carbocycles. The molecule has 2 nitrogen and oxygen atoms in total. The van der Waals surface area contributed by atoms with Crippen molar-refractivity contribution in [3.05, 3.63) is 237 Å². The van der Waals surface area contributed by atoms with E-state index in [0.29, 0.717) is 0 Å². The molecule has 0 aliphatic heterocycles. The fourth-order valence-electron chi connectivity index (χ4n) is 9.64. The smallest absolute Gasteiger partial charge is 0.145 e. The first-order valence-electron chi connectivity index (χ1n) is 21.3. The number of rotatable bonds is 7. The number of para-hydroxylation sites is 3. The van der Waals surface area contributed by atoms with Crippen LogP contribution in [0.1, 0.15) is 0 Å². The van der Waals surface area contributed by atoms with Crippen molar-refractivity contribution in [2.45, 2.75) is 0 Å². The first kappa shape index (κ1) is 35.7. The van der Waals surface area contributed by atoms with Crippen molar-refractivity contribution < 1.29 is 4.42 Å². The third-order valence-corrected chi connectivity index (χ3v) is 12.5. The van der Waals surface area contributed by atoms with E-state index in [1.54, 1.807) is 0 Å². The lowest BCUT2D eigenvalue weighted by Crippen LogP contribution is -2.13. The second-order valence-electron chi connectivity index (χ2n) is 16.0. The van der Waals surface area contributed by atoms with Crippen LogP contribution in [0.15, 0.2) is 241 Å². The van der Waals surface area contributed by atoms with Crippen LogP contribution in [0.5, 0.6) is 0 Å². The van der Waals surface area contributed by atoms with Gasteiger partial charge in [0.05, 0.1) is 22.4 Å². The lowest BCUT2D eigenvalue weighted by Gasteiger charge is -2.31. The fraction of sp³-hybridized carbons (Fsp3) is 0. The van der Waals surface area contributed by atoms with Crippen molar-refractivity contribution in [3.8, 4) is 44.5 Å². The second kappa shape index (κ2) is 14.8. The topological polar surface area (TPSA) is 16.4 Å². The number of anilines is 3. The normalized spacial score (nSPS) is 11.5. The van der Waals surface area contributed by atoms with Crippen LogP contribution in [-0.4, -0.2) is 0 Å². The Morgan fingerprint density at radius 3 is 1.68 bits per heavy atom. The Bertz CT molecular complexity index is 3650. The van der Waals surface area contributed by atoms with Gasteiger partial charge in [0.15, 0.2) is 0 Å². The summed E-state index contributed by atoms with van der Waals surface area (Å²) in [5, 5.41) is 9.44. The average molecular weight is 790 g/mol. The van der Waals surface area contributed by atoms with Gasteiger partial charge >= 0.3 is 0 Å². The van der Waals surface area contributed by atoms with Crippen LogP contribution >= 0.6 is 0 Å². The molecule has 0 spiro atoms. The minimum Gasteiger partial charge on any atom is -0.455 e. The first-order valence-corrected chi connectivity index (χ1v) is 21.3. The molecule has 0 saturated carbocycles. The van der Waals surface area contributed by atoms with E-state index in [1.165, 1.54) is 49.0 Å². The molecule has 0 unspecified atom stereocenters. The molecule has 0 aliphatic carbocycles. The minimum atomic E-state index is 0.856. The van der Waals surface area contributed by atoms with Gasteiger partial charge in [0.1, 0.15) is 11.2 Å². The summed E-state index contributed by atoms with van der Waals surface area (Å²) in [6.45, 7) is 0. The molecule has 62 heavy (non-hydrogen) atoms. The van der Waals surface area contributed by atoms with Gasteiger partial charge in [-0.2, -0.15) is 0 Å². The molecule has 0 radical (unpaired) electrons. The predicted molar refractivity (Wildman–Crippen MR) is 263 cm³/mol. The van der Waals surface area contributed by atoms with E-state index in [-0.39, 0.29) is 0 Å². The number of nitrogens with zero attached hydrogens (tertiary/aromatic N) is 1. The Hall–Kier alpha value is -8.20. The molecule has 12 aromatic rings. The van der Waals surface area contributed by atoms with Gasteiger partial charge < -0.3 is 9.32 Å². The lowest BCUT2D eigenvalue weighted by molar-refractivity contribution is 0.670. The summed E-state index contributed by atoms with van der Waals surface area (Å²) >= 11 is 0. The van der Waals surface area contributed by atoms with E-state index in [0.717, 1.165) is 66.8 Å². The molecular weight excluding hydrogens is 751 g/mol. The maximum absolute atomic E-state index is 7.02. The van der Waals surface area contributed by atoms with Crippen LogP contribution in [0.3, 0.4) is 0 Å². The van der Waals surface area contributed by atoms with E-state index in [9.17, 15) is 0 Å². The summed E-state index contributed by atoms with van der Waals surface area (Å²) in [5.74, 6) is 0. The Morgan fingerprint density at radius 1 is 0.274 bits per heavy atom. The Labute approximate surface area is 360 Å². The third kappa shape index (κ3) is 5.88. The van der Waals surface area contributed by atoms with E-state index in [1.807, 2.05) is 0 Å². The van der Waals surface area contributed by atoms with Crippen LogP contribution in [-0.2, 0) is 0 Å². The second-order valence-corrected chi connectivity index (χ2v) is 16.0. The SMILES string of the molecule is c1ccc(-c2cccc(-c3ccccc3N(c3ccccc3-c3cc4ccccc4c4ccccc34)c3ccc(-c4cccc5ccccc45)c4oc5ccccc5c34)c2)cc1. The highest BCUT2D eigenvalue weighted by molar-refractivity contribution is 6.20. The zero-order valence-corrected chi connectivity index (χ0v) is 33.9. The summed E-state index contributed by atoms with van der Waals surface area (Å²) in [6.07, 6.45) is 0. The molecule has 12 rings (SSSR count). The van der Waals surface area contributed by atoms with Gasteiger partial charge in [0.2, 0.25) is 0 Å². The van der Waals surface area contributed by atoms with Crippen molar-refractivity contribution in [2.24, 2.45) is 0 Å². The quantitative estimate of drug-likeness (QED) is 0.150. The Kier molecular flexibility index (Phi) is 8.53. The highest BCUT2D eigenvalue weighted by Crippen LogP contribution is 2.51. The van der Waals surface area contributed by atoms with Gasteiger partial charge in [-0.3, -0.25) is 0 Å². The molecular formula is C60H39NO. The predicted octanol–water partition coefficient (Wildman–Crippen LogP) is 17.2. The number of furan rings is 1. The van der Waals surface area contributed by atoms with E-state index < -0.39 is 0 Å². The molecule has 290 valence electrons. The standard InChI is InChI=1S/C60H39NO/c1-2-18-40(19-3-1)42-23-16-24-43(38-42)47-27-10-13-33-55(47)61(56-34-14-11-30-51(56)54-39-44-21-5-7-26-46(44)48-28-8-9-29-50(48)54)57-37-36-52(49-32-17-22-41-20-4-6-25-45(41)49)60-59(57)53-31-12-15-35-58(53)62-60/h1-39H. The average Bonchev–Trinajstić information content (AvgIpc) is 3.75. The number of hydrogen-bond acceptors (Lipinski definition) is 2. The molecule has 1 aromatic heterocycles. The molecule has 0 amide bonds. The van der Waals surface area contributed by atoms with Crippen LogP contribution in [0.25, 0.3) is 98.8 Å². The van der Waals surface area contributed by atoms with Crippen molar-refractivity contribution in [1.82, 2.24) is 0 Å². The fourth-order valence-corrected chi connectivity index (χ4v) is 9.64. The van der Waals surface area contributed by atoms with Gasteiger partial charge in [0.25, 0.3) is 0 Å². The monoisotopic (exact) mass is 789 g/mol. The highest BCUT2D eigenvalue weighted by Gasteiger charge is 2.27. The summed E-state index contributed by atoms with van der Waals surface area (Å²) in [7, 11) is 0. The third-order valence-electron chi connectivity index (χ3n) is 12.5. The zero-order valence-electron chi connectivity index (χ0n) is 33.9. The Balaban J connectivity index is 1.18. The minimum absolute atomic E-state index is 0.856. The highest BCUT2D eigenvalue weighted by atomic mass is 16.3. The maximum atomic E-state index is 7.02. The summed E-state index contributed by atoms with van der Waals surface area (Å²) in [4.78, 5) is 2.49. The zero-order chi connectivity index (χ0) is 41.0. The van der Waals surface area contributed by atoms with Gasteiger partial charge in [0, 0.05) is 22.1 Å². The summed E-state index contributed by atoms with van der Waals surface area (Å²) in [6, 6.07) is 85.5. The van der Waals surface area contributed by atoms with Gasteiger partial charge in [-0.15, -0.1) is 0 Å². The van der Waals surface area contributed by atoms with Crippen molar-refractivity contribution in [3.63, 3.8) is 0 Å². The molecule has 0 saturated heterocycles. The number of hydrogen-bond donors (Lipinski definition) is 0. The molecule has 0 N–H and O–H groups in total. The lowest BCUT2D eigenvalue weighted by atomic mass is 9.91. The van der Waals surface area contributed by atoms with Crippen molar-refractivity contribution in [1.29, 1.82) is 0 Å². The molecule has 0 atom stereocenters. The van der Waals surface area contributed by atoms with Gasteiger partial charge in [-0.05, 0) is 103 Å². The van der Waals surface area contributed by atoms with Crippen molar-refractivity contribution in [2.75, 3.05) is 4.90 Å². The number of fused-ring (bicyclic) bond motifs is 7.